The van der Waals surface area contributed by atoms with E-state index in [-0.39, 0.29) is 0 Å². The van der Waals surface area contributed by atoms with E-state index in [1.807, 2.05) is 0 Å². The fraction of sp³-hybridized carbons (Fsp3) is 0.417. The molecule has 1 heterocycles. The minimum Gasteiger partial charge on any atom is -0.321 e. The molecule has 0 aromatic heterocycles. The highest BCUT2D eigenvalue weighted by Gasteiger charge is 2.96. The van der Waals surface area contributed by atoms with E-state index in [1.54, 1.807) is 0 Å². The maximum Gasteiger partial charge on any atom is 0.428 e. The minimum absolute atomic E-state index is 0.407. The Morgan fingerprint density at radius 3 is 1.84 bits per heavy atom. The summed E-state index contributed by atoms with van der Waals surface area (Å²) in [4.78, 5) is 11.4. The van der Waals surface area contributed by atoms with Crippen LogP contribution in [0.15, 0.2) is 28.7 Å². The Morgan fingerprint density at radius 2 is 1.44 bits per heavy atom. The van der Waals surface area contributed by atoms with Crippen molar-refractivity contribution in [2.24, 2.45) is 0 Å². The lowest BCUT2D eigenvalue weighted by Crippen LogP contribution is -2.63. The van der Waals surface area contributed by atoms with E-state index < -0.39 is 41.3 Å². The molecule has 3 nitrogen and oxygen atoms in total. The first-order chi connectivity index (χ1) is 11.1. The molecule has 1 N–H and O–H groups in total. The van der Waals surface area contributed by atoms with E-state index in [1.165, 1.54) is 17.4 Å². The summed E-state index contributed by atoms with van der Waals surface area (Å²) in [5.74, 6) is -28.6. The van der Waals surface area contributed by atoms with Crippen LogP contribution in [0.3, 0.4) is 0 Å². The minimum atomic E-state index is -6.70. The van der Waals surface area contributed by atoms with Gasteiger partial charge in [-0.1, -0.05) is 15.9 Å². The summed E-state index contributed by atoms with van der Waals surface area (Å²) in [6.45, 7) is 0. The fourth-order valence-corrected chi connectivity index (χ4v) is 2.10. The molecular formula is C12H5BrF9NO2. The van der Waals surface area contributed by atoms with Crippen LogP contribution in [0.4, 0.5) is 45.2 Å². The van der Waals surface area contributed by atoms with Crippen molar-refractivity contribution in [3.05, 3.63) is 28.7 Å². The maximum absolute atomic E-state index is 13.9. The number of alkyl halides is 9. The zero-order valence-electron chi connectivity index (χ0n) is 11.4. The average Bonchev–Trinajstić information content (AvgIpc) is 2.57. The number of nitrogens with one attached hydrogen (secondary N) is 1. The Labute approximate surface area is 141 Å². The van der Waals surface area contributed by atoms with Crippen molar-refractivity contribution in [2.45, 2.75) is 29.7 Å². The van der Waals surface area contributed by atoms with Crippen LogP contribution in [0.5, 0.6) is 0 Å². The molecule has 13 heteroatoms. The Kier molecular flexibility index (Phi) is 4.36. The molecule has 1 aliphatic rings. The number of benzene rings is 1. The molecule has 0 radical (unpaired) electrons. The molecule has 1 aromatic carbocycles. The molecular weight excluding hydrogens is 441 g/mol. The molecule has 1 atom stereocenters. The highest BCUT2D eigenvalue weighted by atomic mass is 79.9. The number of anilines is 1. The van der Waals surface area contributed by atoms with Crippen LogP contribution in [-0.2, 0) is 9.53 Å². The second-order valence-electron chi connectivity index (χ2n) is 4.90. The highest BCUT2D eigenvalue weighted by molar-refractivity contribution is 9.10. The lowest BCUT2D eigenvalue weighted by Gasteiger charge is -2.31. The molecule has 0 bridgehead atoms. The van der Waals surface area contributed by atoms with Gasteiger partial charge in [-0.15, -0.1) is 0 Å². The third kappa shape index (κ3) is 2.58. The summed E-state index contributed by atoms with van der Waals surface area (Å²) in [6.07, 6.45) is -6.27. The lowest BCUT2D eigenvalue weighted by atomic mass is 9.99. The third-order valence-corrected chi connectivity index (χ3v) is 3.75. The average molecular weight is 446 g/mol. The van der Waals surface area contributed by atoms with Crippen LogP contribution < -0.4 is 5.32 Å². The maximum atomic E-state index is 13.9. The van der Waals surface area contributed by atoms with Gasteiger partial charge in [0.15, 0.2) is 0 Å². The van der Waals surface area contributed by atoms with Crippen LogP contribution in [0, 0.1) is 0 Å². The molecule has 1 amide bonds. The van der Waals surface area contributed by atoms with Gasteiger partial charge in [0.2, 0.25) is 0 Å². The molecule has 0 aliphatic carbocycles. The van der Waals surface area contributed by atoms with Crippen molar-refractivity contribution in [1.82, 2.24) is 0 Å². The van der Waals surface area contributed by atoms with Crippen LogP contribution in [-0.4, -0.2) is 35.6 Å². The van der Waals surface area contributed by atoms with E-state index >= 15 is 0 Å². The number of amides is 1. The number of hydrogen-bond donors (Lipinski definition) is 1. The summed E-state index contributed by atoms with van der Waals surface area (Å²) >= 11 is 2.95. The van der Waals surface area contributed by atoms with Gasteiger partial charge in [0.05, 0.1) is 0 Å². The SMILES string of the molecule is O=C(Nc1ccc(Br)cc1)C(F)(F)C1(F)OC(F)(F)C(F)(F)C1(F)F. The van der Waals surface area contributed by atoms with E-state index in [0.29, 0.717) is 4.47 Å². The molecule has 1 unspecified atom stereocenters. The molecule has 1 aliphatic heterocycles. The zero-order chi connectivity index (χ0) is 19.5. The molecule has 0 spiro atoms. The Bertz CT molecular complexity index is 694. The third-order valence-electron chi connectivity index (χ3n) is 3.22. The molecule has 2 rings (SSSR count). The number of rotatable bonds is 3. The molecule has 1 saturated heterocycles. The van der Waals surface area contributed by atoms with Gasteiger partial charge in [-0.2, -0.15) is 39.5 Å². The van der Waals surface area contributed by atoms with E-state index in [4.69, 9.17) is 0 Å². The van der Waals surface area contributed by atoms with Gasteiger partial charge >= 0.3 is 35.6 Å². The largest absolute Gasteiger partial charge is 0.428 e. The quantitative estimate of drug-likeness (QED) is 0.691. The van der Waals surface area contributed by atoms with Crippen LogP contribution in [0.2, 0.25) is 0 Å². The van der Waals surface area contributed by atoms with Crippen molar-refractivity contribution in [1.29, 1.82) is 0 Å². The van der Waals surface area contributed by atoms with E-state index in [0.717, 1.165) is 12.1 Å². The summed E-state index contributed by atoms with van der Waals surface area (Å²) < 4.78 is 122. The second kappa shape index (κ2) is 5.50. The molecule has 1 aromatic rings. The van der Waals surface area contributed by atoms with Gasteiger partial charge in [0, 0.05) is 10.2 Å². The summed E-state index contributed by atoms with van der Waals surface area (Å²) in [6, 6.07) is 4.31. The number of carbonyl (C=O) groups excluding carboxylic acids is 1. The topological polar surface area (TPSA) is 38.3 Å². The number of halogens is 10. The van der Waals surface area contributed by atoms with Gasteiger partial charge in [0.25, 0.3) is 0 Å². The molecule has 1 fully saturated rings. The molecule has 0 saturated carbocycles. The molecule has 25 heavy (non-hydrogen) atoms. The van der Waals surface area contributed by atoms with Crippen molar-refractivity contribution in [3.63, 3.8) is 0 Å². The van der Waals surface area contributed by atoms with E-state index in [9.17, 15) is 44.3 Å². The van der Waals surface area contributed by atoms with Crippen molar-refractivity contribution in [3.8, 4) is 0 Å². The standard InChI is InChI=1S/C12H5BrF9NO2/c13-5-1-3-6(4-2-5)23-7(24)8(14,15)11(20)9(16,17)10(18,19)12(21,22)25-11/h1-4H,(H,23,24). The Hall–Kier alpha value is -1.50. The first-order valence-electron chi connectivity index (χ1n) is 6.07. The normalized spacial score (nSPS) is 27.1. The number of hydrogen-bond acceptors (Lipinski definition) is 2. The van der Waals surface area contributed by atoms with Gasteiger partial charge < -0.3 is 5.32 Å². The highest BCUT2D eigenvalue weighted by Crippen LogP contribution is 2.64. The fourth-order valence-electron chi connectivity index (χ4n) is 1.84. The zero-order valence-corrected chi connectivity index (χ0v) is 13.0. The van der Waals surface area contributed by atoms with E-state index in [2.05, 4.69) is 20.7 Å². The van der Waals surface area contributed by atoms with Crippen LogP contribution in [0.25, 0.3) is 0 Å². The first-order valence-corrected chi connectivity index (χ1v) is 6.87. The summed E-state index contributed by atoms with van der Waals surface area (Å²) in [7, 11) is 0. The first kappa shape index (κ1) is 19.8. The monoisotopic (exact) mass is 445 g/mol. The smallest absolute Gasteiger partial charge is 0.321 e. The van der Waals surface area contributed by atoms with Crippen LogP contribution >= 0.6 is 15.9 Å². The predicted molar refractivity (Wildman–Crippen MR) is 67.5 cm³/mol. The van der Waals surface area contributed by atoms with Gasteiger partial charge in [-0.25, -0.2) is 0 Å². The van der Waals surface area contributed by atoms with Gasteiger partial charge in [-0.05, 0) is 24.3 Å². The summed E-state index contributed by atoms with van der Waals surface area (Å²) in [5, 5.41) is 1.25. The Morgan fingerprint density at radius 1 is 0.960 bits per heavy atom. The van der Waals surface area contributed by atoms with Crippen LogP contribution in [0.1, 0.15) is 0 Å². The Balaban J connectivity index is 2.40. The number of ether oxygens (including phenoxy) is 1. The predicted octanol–water partition coefficient (Wildman–Crippen LogP) is 4.58. The van der Waals surface area contributed by atoms with Crippen molar-refractivity contribution < 1.29 is 49.0 Å². The summed E-state index contributed by atoms with van der Waals surface area (Å²) in [5.41, 5.74) is -0.476. The number of carbonyl (C=O) groups is 1. The van der Waals surface area contributed by atoms with Crippen molar-refractivity contribution >= 4 is 27.5 Å². The second-order valence-corrected chi connectivity index (χ2v) is 5.81. The van der Waals surface area contributed by atoms with Gasteiger partial charge in [-0.3, -0.25) is 9.53 Å². The lowest BCUT2D eigenvalue weighted by molar-refractivity contribution is -0.366. The van der Waals surface area contributed by atoms with Crippen molar-refractivity contribution in [2.75, 3.05) is 5.32 Å². The van der Waals surface area contributed by atoms with Gasteiger partial charge in [0.1, 0.15) is 0 Å². The molecule has 140 valence electrons.